The maximum Gasteiger partial charge on any atom is 0.245 e. The zero-order valence-electron chi connectivity index (χ0n) is 14.0. The van der Waals surface area contributed by atoms with Crippen LogP contribution in [0.4, 0.5) is 4.39 Å². The number of imidazole rings is 1. The van der Waals surface area contributed by atoms with E-state index in [1.54, 1.807) is 12.3 Å². The van der Waals surface area contributed by atoms with Gasteiger partial charge < -0.3 is 9.88 Å². The number of H-pyrrole nitrogens is 1. The lowest BCUT2D eigenvalue weighted by atomic mass is 10.0. The first-order valence-corrected chi connectivity index (χ1v) is 8.52. The number of aromatic nitrogens is 6. The van der Waals surface area contributed by atoms with E-state index >= 15 is 0 Å². The summed E-state index contributed by atoms with van der Waals surface area (Å²) in [5.74, 6) is 0.370. The Balaban J connectivity index is 1.56. The molecule has 1 N–H and O–H groups in total. The van der Waals surface area contributed by atoms with E-state index in [9.17, 15) is 9.18 Å². The fourth-order valence-electron chi connectivity index (χ4n) is 3.31. The Labute approximate surface area is 149 Å². The summed E-state index contributed by atoms with van der Waals surface area (Å²) < 4.78 is 14.9. The van der Waals surface area contributed by atoms with E-state index in [0.29, 0.717) is 12.4 Å². The predicted molar refractivity (Wildman–Crippen MR) is 90.1 cm³/mol. The standard InChI is InChI=1S/C17H18FN7O/c18-13-5-3-4-12(8-13)14-9-19-17(21-14)15-6-1-2-7-25(15)16(26)10-24-11-20-22-23-24/h3-5,8-9,11,15H,1-2,6-7,10H2,(H,19,21). The molecule has 0 bridgehead atoms. The third kappa shape index (κ3) is 3.32. The van der Waals surface area contributed by atoms with Crippen LogP contribution in [0.15, 0.2) is 36.8 Å². The minimum Gasteiger partial charge on any atom is -0.340 e. The van der Waals surface area contributed by atoms with Crippen LogP contribution in [0.5, 0.6) is 0 Å². The van der Waals surface area contributed by atoms with Gasteiger partial charge in [-0.1, -0.05) is 12.1 Å². The minimum absolute atomic E-state index is 0.0503. The van der Waals surface area contributed by atoms with E-state index < -0.39 is 0 Å². The normalized spacial score (nSPS) is 17.4. The lowest BCUT2D eigenvalue weighted by Crippen LogP contribution is -2.40. The van der Waals surface area contributed by atoms with Gasteiger partial charge in [0.05, 0.1) is 17.9 Å². The number of halogens is 1. The monoisotopic (exact) mass is 355 g/mol. The number of rotatable bonds is 4. The highest BCUT2D eigenvalue weighted by Gasteiger charge is 2.30. The summed E-state index contributed by atoms with van der Waals surface area (Å²) >= 11 is 0. The number of hydrogen-bond acceptors (Lipinski definition) is 5. The van der Waals surface area contributed by atoms with Crippen LogP contribution in [0.2, 0.25) is 0 Å². The van der Waals surface area contributed by atoms with Crippen molar-refractivity contribution in [2.45, 2.75) is 31.8 Å². The van der Waals surface area contributed by atoms with Crippen molar-refractivity contribution in [2.24, 2.45) is 0 Å². The van der Waals surface area contributed by atoms with Gasteiger partial charge in [-0.2, -0.15) is 0 Å². The van der Waals surface area contributed by atoms with Gasteiger partial charge in [-0.05, 0) is 41.8 Å². The van der Waals surface area contributed by atoms with Gasteiger partial charge >= 0.3 is 0 Å². The Bertz CT molecular complexity index is 892. The number of carbonyl (C=O) groups excluding carboxylic acids is 1. The molecule has 1 atom stereocenters. The quantitative estimate of drug-likeness (QED) is 0.772. The van der Waals surface area contributed by atoms with Crippen molar-refractivity contribution < 1.29 is 9.18 Å². The van der Waals surface area contributed by atoms with Crippen molar-refractivity contribution in [3.63, 3.8) is 0 Å². The Morgan fingerprint density at radius 2 is 2.27 bits per heavy atom. The molecule has 1 saturated heterocycles. The number of piperidine rings is 1. The van der Waals surface area contributed by atoms with Crippen molar-refractivity contribution in [3.05, 3.63) is 48.4 Å². The van der Waals surface area contributed by atoms with Gasteiger partial charge in [0.25, 0.3) is 0 Å². The first kappa shape index (κ1) is 16.4. The van der Waals surface area contributed by atoms with E-state index in [2.05, 4.69) is 25.5 Å². The molecule has 134 valence electrons. The lowest BCUT2D eigenvalue weighted by molar-refractivity contribution is -0.136. The average Bonchev–Trinajstić information content (AvgIpc) is 3.33. The summed E-state index contributed by atoms with van der Waals surface area (Å²) in [5.41, 5.74) is 1.46. The molecule has 0 saturated carbocycles. The zero-order valence-corrected chi connectivity index (χ0v) is 14.0. The molecular weight excluding hydrogens is 337 g/mol. The number of tetrazole rings is 1. The smallest absolute Gasteiger partial charge is 0.245 e. The van der Waals surface area contributed by atoms with E-state index in [1.807, 2.05) is 11.0 Å². The lowest BCUT2D eigenvalue weighted by Gasteiger charge is -2.34. The number of aromatic amines is 1. The van der Waals surface area contributed by atoms with Gasteiger partial charge in [0.1, 0.15) is 24.5 Å². The van der Waals surface area contributed by atoms with Crippen LogP contribution >= 0.6 is 0 Å². The Kier molecular flexibility index (Phi) is 4.42. The van der Waals surface area contributed by atoms with Gasteiger partial charge in [-0.3, -0.25) is 4.79 Å². The second-order valence-corrected chi connectivity index (χ2v) is 6.30. The van der Waals surface area contributed by atoms with E-state index in [0.717, 1.165) is 30.5 Å². The highest BCUT2D eigenvalue weighted by Crippen LogP contribution is 2.31. The molecule has 9 heteroatoms. The van der Waals surface area contributed by atoms with Crippen LogP contribution in [0.3, 0.4) is 0 Å². The summed E-state index contributed by atoms with van der Waals surface area (Å²) in [6.07, 6.45) is 5.91. The number of nitrogens with one attached hydrogen (secondary N) is 1. The van der Waals surface area contributed by atoms with Crippen LogP contribution in [0, 0.1) is 5.82 Å². The van der Waals surface area contributed by atoms with Crippen molar-refractivity contribution in [2.75, 3.05) is 6.54 Å². The summed E-state index contributed by atoms with van der Waals surface area (Å²) in [5, 5.41) is 10.9. The minimum atomic E-state index is -0.297. The maximum atomic E-state index is 13.5. The second-order valence-electron chi connectivity index (χ2n) is 6.30. The molecule has 1 aliphatic heterocycles. The fraction of sp³-hybridized carbons (Fsp3) is 0.353. The van der Waals surface area contributed by atoms with Crippen molar-refractivity contribution in [1.82, 2.24) is 35.1 Å². The van der Waals surface area contributed by atoms with Gasteiger partial charge in [-0.25, -0.2) is 14.1 Å². The molecule has 3 aromatic rings. The molecule has 8 nitrogen and oxygen atoms in total. The van der Waals surface area contributed by atoms with Crippen molar-refractivity contribution in [3.8, 4) is 11.3 Å². The largest absolute Gasteiger partial charge is 0.340 e. The molecule has 2 aromatic heterocycles. The number of likely N-dealkylation sites (tertiary alicyclic amines) is 1. The fourth-order valence-corrected chi connectivity index (χ4v) is 3.31. The Morgan fingerprint density at radius 3 is 3.08 bits per heavy atom. The van der Waals surface area contributed by atoms with Crippen LogP contribution < -0.4 is 0 Å². The molecule has 0 radical (unpaired) electrons. The van der Waals surface area contributed by atoms with Crippen LogP contribution in [0.1, 0.15) is 31.1 Å². The maximum absolute atomic E-state index is 13.5. The van der Waals surface area contributed by atoms with Gasteiger partial charge in [0.2, 0.25) is 5.91 Å². The van der Waals surface area contributed by atoms with Crippen LogP contribution in [0.25, 0.3) is 11.3 Å². The SMILES string of the molecule is O=C(Cn1cnnn1)N1CCCCC1c1ncc(-c2cccc(F)c2)[nH]1. The number of amides is 1. The van der Waals surface area contributed by atoms with Gasteiger partial charge in [-0.15, -0.1) is 5.10 Å². The topological polar surface area (TPSA) is 92.6 Å². The van der Waals surface area contributed by atoms with E-state index in [-0.39, 0.29) is 24.3 Å². The van der Waals surface area contributed by atoms with Crippen LogP contribution in [-0.2, 0) is 11.3 Å². The number of carbonyl (C=O) groups is 1. The number of benzene rings is 1. The molecule has 1 aliphatic rings. The molecule has 26 heavy (non-hydrogen) atoms. The number of hydrogen-bond donors (Lipinski definition) is 1. The zero-order chi connectivity index (χ0) is 17.9. The molecule has 0 spiro atoms. The molecule has 0 aliphatic carbocycles. The molecule has 1 amide bonds. The highest BCUT2D eigenvalue weighted by molar-refractivity contribution is 5.76. The predicted octanol–water partition coefficient (Wildman–Crippen LogP) is 1.96. The molecule has 1 fully saturated rings. The van der Waals surface area contributed by atoms with Crippen molar-refractivity contribution in [1.29, 1.82) is 0 Å². The van der Waals surface area contributed by atoms with Gasteiger partial charge in [0.15, 0.2) is 0 Å². The Morgan fingerprint density at radius 1 is 1.35 bits per heavy atom. The average molecular weight is 355 g/mol. The van der Waals surface area contributed by atoms with E-state index in [1.165, 1.54) is 23.1 Å². The summed E-state index contributed by atoms with van der Waals surface area (Å²) in [7, 11) is 0. The van der Waals surface area contributed by atoms with Crippen molar-refractivity contribution >= 4 is 5.91 Å². The molecule has 1 unspecified atom stereocenters. The van der Waals surface area contributed by atoms with E-state index in [4.69, 9.17) is 0 Å². The first-order chi connectivity index (χ1) is 12.7. The molecule has 4 rings (SSSR count). The summed E-state index contributed by atoms with van der Waals surface area (Å²) in [6, 6.07) is 6.21. The summed E-state index contributed by atoms with van der Waals surface area (Å²) in [4.78, 5) is 22.2. The number of nitrogens with zero attached hydrogens (tertiary/aromatic N) is 6. The third-order valence-electron chi connectivity index (χ3n) is 4.56. The first-order valence-electron chi connectivity index (χ1n) is 8.52. The molecule has 3 heterocycles. The molecular formula is C17H18FN7O. The molecule has 1 aromatic carbocycles. The third-order valence-corrected chi connectivity index (χ3v) is 4.56. The summed E-state index contributed by atoms with van der Waals surface area (Å²) in [6.45, 7) is 0.766. The van der Waals surface area contributed by atoms with Crippen LogP contribution in [-0.4, -0.2) is 47.5 Å². The van der Waals surface area contributed by atoms with Gasteiger partial charge in [0, 0.05) is 12.1 Å². The highest BCUT2D eigenvalue weighted by atomic mass is 19.1. The second kappa shape index (κ2) is 7.03. The Hall–Kier alpha value is -3.10.